The minimum atomic E-state index is -1.23. The first kappa shape index (κ1) is 25.9. The van der Waals surface area contributed by atoms with Gasteiger partial charge in [0.05, 0.1) is 11.1 Å². The van der Waals surface area contributed by atoms with Gasteiger partial charge in [-0.3, -0.25) is 9.78 Å². The molecule has 0 saturated heterocycles. The van der Waals surface area contributed by atoms with Crippen molar-refractivity contribution in [3.05, 3.63) is 84.6 Å². The number of rotatable bonds is 8. The fraction of sp³-hybridized carbons (Fsp3) is 0.429. The van der Waals surface area contributed by atoms with Crippen molar-refractivity contribution in [1.82, 2.24) is 0 Å². The summed E-state index contributed by atoms with van der Waals surface area (Å²) in [5, 5.41) is 0. The zero-order chi connectivity index (χ0) is 24.9. The van der Waals surface area contributed by atoms with E-state index in [9.17, 15) is 9.59 Å². The zero-order valence-corrected chi connectivity index (χ0v) is 20.4. The van der Waals surface area contributed by atoms with Crippen molar-refractivity contribution in [2.24, 2.45) is 5.92 Å². The Bertz CT molecular complexity index is 963. The smallest absolute Gasteiger partial charge is 0.292 e. The van der Waals surface area contributed by atoms with Gasteiger partial charge in [-0.25, -0.2) is 9.59 Å². The van der Waals surface area contributed by atoms with E-state index >= 15 is 0 Å². The Labute approximate surface area is 202 Å². The lowest BCUT2D eigenvalue weighted by Crippen LogP contribution is -2.48. The summed E-state index contributed by atoms with van der Waals surface area (Å²) in [6.07, 6.45) is 0.809. The summed E-state index contributed by atoms with van der Waals surface area (Å²) in [7, 11) is 0. The minimum absolute atomic E-state index is 0.0618. The Morgan fingerprint density at radius 2 is 1.32 bits per heavy atom. The van der Waals surface area contributed by atoms with Crippen LogP contribution >= 0.6 is 0 Å². The summed E-state index contributed by atoms with van der Waals surface area (Å²) in [4.78, 5) is 46.2. The summed E-state index contributed by atoms with van der Waals surface area (Å²) in [6, 6.07) is 14.3. The summed E-state index contributed by atoms with van der Waals surface area (Å²) in [5.41, 5.74) is 1.75. The highest BCUT2D eigenvalue weighted by Crippen LogP contribution is 2.37. The van der Waals surface area contributed by atoms with Crippen LogP contribution in [0.5, 0.6) is 0 Å². The largest absolute Gasteiger partial charge is 0.373 e. The average Bonchev–Trinajstić information content (AvgIpc) is 2.83. The number of hydrogen-bond acceptors (Lipinski definition) is 6. The van der Waals surface area contributed by atoms with Crippen LogP contribution in [0.2, 0.25) is 0 Å². The molecule has 34 heavy (non-hydrogen) atoms. The van der Waals surface area contributed by atoms with Gasteiger partial charge in [0.25, 0.3) is 0 Å². The van der Waals surface area contributed by atoms with E-state index in [1.54, 1.807) is 24.3 Å². The molecule has 2 aromatic carbocycles. The van der Waals surface area contributed by atoms with Crippen molar-refractivity contribution >= 4 is 11.9 Å². The Hall–Kier alpha value is -2.70. The standard InChI is InChI=1S/C28H34O6/c1-18(2)21-7-11-23(12-8-21)26(29)32-31-25-17-20(5)15-16-28(25,6)34-33-27(30)24-13-9-22(10-14-24)19(3)4/h7-14,18-20,25H,5-6,15-17H2,1-4H3. The molecule has 0 aromatic heterocycles. The van der Waals surface area contributed by atoms with Crippen LogP contribution in [0.4, 0.5) is 0 Å². The highest BCUT2D eigenvalue weighted by molar-refractivity contribution is 5.89. The van der Waals surface area contributed by atoms with E-state index in [2.05, 4.69) is 41.5 Å². The van der Waals surface area contributed by atoms with Gasteiger partial charge in [0.2, 0.25) is 0 Å². The van der Waals surface area contributed by atoms with Crippen LogP contribution in [0.1, 0.15) is 90.6 Å². The lowest BCUT2D eigenvalue weighted by Gasteiger charge is -2.39. The molecule has 1 aliphatic carbocycles. The number of hydrogen-bond donors (Lipinski definition) is 0. The van der Waals surface area contributed by atoms with Gasteiger partial charge < -0.3 is 0 Å². The first-order valence-electron chi connectivity index (χ1n) is 11.7. The maximum atomic E-state index is 12.5. The topological polar surface area (TPSA) is 71.1 Å². The molecule has 0 N–H and O–H groups in total. The van der Waals surface area contributed by atoms with E-state index in [1.165, 1.54) is 0 Å². The van der Waals surface area contributed by atoms with E-state index < -0.39 is 23.6 Å². The molecule has 0 heterocycles. The van der Waals surface area contributed by atoms with Crippen molar-refractivity contribution in [3.8, 4) is 0 Å². The number of benzene rings is 2. The van der Waals surface area contributed by atoms with E-state index in [0.29, 0.717) is 42.2 Å². The van der Waals surface area contributed by atoms with Crippen LogP contribution in [0, 0.1) is 19.8 Å². The first-order valence-corrected chi connectivity index (χ1v) is 11.7. The average molecular weight is 467 g/mol. The second-order valence-electron chi connectivity index (χ2n) is 9.67. The SMILES string of the molecule is [CH2]C1CCC([CH2])(OOC(=O)c2ccc(C(C)C)cc2)C(OOC(=O)c2ccc(C(C)C)cc2)C1. The summed E-state index contributed by atoms with van der Waals surface area (Å²) < 4.78 is 0. The third-order valence-electron chi connectivity index (χ3n) is 6.26. The third-order valence-corrected chi connectivity index (χ3v) is 6.26. The maximum absolute atomic E-state index is 12.5. The second-order valence-corrected chi connectivity index (χ2v) is 9.67. The lowest BCUT2D eigenvalue weighted by molar-refractivity contribution is -0.380. The quantitative estimate of drug-likeness (QED) is 0.332. The Morgan fingerprint density at radius 3 is 1.79 bits per heavy atom. The van der Waals surface area contributed by atoms with Crippen LogP contribution in [-0.4, -0.2) is 23.6 Å². The molecule has 0 spiro atoms. The fourth-order valence-electron chi connectivity index (χ4n) is 3.79. The molecule has 0 aliphatic heterocycles. The molecule has 0 bridgehead atoms. The van der Waals surface area contributed by atoms with Gasteiger partial charge in [-0.15, -0.1) is 0 Å². The Morgan fingerprint density at radius 1 is 0.853 bits per heavy atom. The van der Waals surface area contributed by atoms with Crippen molar-refractivity contribution in [2.75, 3.05) is 0 Å². The van der Waals surface area contributed by atoms with Gasteiger partial charge in [-0.1, -0.05) is 58.9 Å². The van der Waals surface area contributed by atoms with Crippen LogP contribution in [0.25, 0.3) is 0 Å². The van der Waals surface area contributed by atoms with E-state index in [-0.39, 0.29) is 5.92 Å². The highest BCUT2D eigenvalue weighted by Gasteiger charge is 2.45. The van der Waals surface area contributed by atoms with Crippen molar-refractivity contribution < 1.29 is 29.1 Å². The summed E-state index contributed by atoms with van der Waals surface area (Å²) >= 11 is 0. The van der Waals surface area contributed by atoms with Gasteiger partial charge in [0.15, 0.2) is 0 Å². The predicted octanol–water partition coefficient (Wildman–Crippen LogP) is 6.39. The van der Waals surface area contributed by atoms with Crippen LogP contribution in [0.3, 0.4) is 0 Å². The van der Waals surface area contributed by atoms with Crippen LogP contribution < -0.4 is 0 Å². The molecule has 1 saturated carbocycles. The van der Waals surface area contributed by atoms with Gasteiger partial charge in [-0.05, 0) is 79.3 Å². The molecule has 0 amide bonds. The summed E-state index contributed by atoms with van der Waals surface area (Å²) in [6.45, 7) is 16.5. The Kier molecular flexibility index (Phi) is 8.50. The second kappa shape index (κ2) is 11.2. The number of carbonyl (C=O) groups excluding carboxylic acids is 2. The van der Waals surface area contributed by atoms with Crippen LogP contribution in [0.15, 0.2) is 48.5 Å². The van der Waals surface area contributed by atoms with Crippen molar-refractivity contribution in [1.29, 1.82) is 0 Å². The molecule has 3 unspecified atom stereocenters. The normalized spacial score (nSPS) is 22.6. The van der Waals surface area contributed by atoms with Gasteiger partial charge in [-0.2, -0.15) is 9.78 Å². The Balaban J connectivity index is 1.61. The lowest BCUT2D eigenvalue weighted by atomic mass is 9.78. The van der Waals surface area contributed by atoms with Gasteiger partial charge in [0, 0.05) is 0 Å². The van der Waals surface area contributed by atoms with E-state index in [1.807, 2.05) is 24.3 Å². The molecule has 1 aliphatic rings. The molecule has 2 radical (unpaired) electrons. The van der Waals surface area contributed by atoms with Gasteiger partial charge >= 0.3 is 11.9 Å². The molecule has 2 aromatic rings. The molecular formula is C28H34O6. The number of carbonyl (C=O) groups is 2. The minimum Gasteiger partial charge on any atom is -0.292 e. The van der Waals surface area contributed by atoms with E-state index in [0.717, 1.165) is 11.1 Å². The molecule has 6 nitrogen and oxygen atoms in total. The molecule has 1 fully saturated rings. The molecule has 3 atom stereocenters. The van der Waals surface area contributed by atoms with E-state index in [4.69, 9.17) is 19.6 Å². The fourth-order valence-corrected chi connectivity index (χ4v) is 3.79. The maximum Gasteiger partial charge on any atom is 0.373 e. The first-order chi connectivity index (χ1) is 16.1. The molecule has 3 rings (SSSR count). The molecule has 6 heteroatoms. The summed E-state index contributed by atoms with van der Waals surface area (Å²) in [5.74, 6) is -0.470. The third kappa shape index (κ3) is 6.45. The molecule has 182 valence electrons. The van der Waals surface area contributed by atoms with Gasteiger partial charge in [0.1, 0.15) is 11.7 Å². The van der Waals surface area contributed by atoms with Crippen molar-refractivity contribution in [3.63, 3.8) is 0 Å². The van der Waals surface area contributed by atoms with Crippen LogP contribution in [-0.2, 0) is 19.6 Å². The zero-order valence-electron chi connectivity index (χ0n) is 20.4. The highest BCUT2D eigenvalue weighted by atomic mass is 17.2. The predicted molar refractivity (Wildman–Crippen MR) is 129 cm³/mol. The molecular weight excluding hydrogens is 432 g/mol. The monoisotopic (exact) mass is 466 g/mol. The van der Waals surface area contributed by atoms with Crippen molar-refractivity contribution in [2.45, 2.75) is 70.5 Å².